The highest BCUT2D eigenvalue weighted by atomic mass is 32.1. The van der Waals surface area contributed by atoms with Gasteiger partial charge < -0.3 is 10.2 Å². The predicted octanol–water partition coefficient (Wildman–Crippen LogP) is 2.07. The molecule has 1 aliphatic heterocycles. The van der Waals surface area contributed by atoms with Crippen molar-refractivity contribution in [3.63, 3.8) is 0 Å². The van der Waals surface area contributed by atoms with Crippen LogP contribution < -0.4 is 10.2 Å². The lowest BCUT2D eigenvalue weighted by molar-refractivity contribution is -0.125. The van der Waals surface area contributed by atoms with Crippen LogP contribution in [0.4, 0.5) is 5.13 Å². The van der Waals surface area contributed by atoms with Gasteiger partial charge in [-0.1, -0.05) is 18.3 Å². The van der Waals surface area contributed by atoms with Gasteiger partial charge >= 0.3 is 0 Å². The molecule has 0 spiro atoms. The minimum atomic E-state index is 0.0548. The molecule has 0 bridgehead atoms. The van der Waals surface area contributed by atoms with Crippen LogP contribution in [0.15, 0.2) is 24.5 Å². The fourth-order valence-electron chi connectivity index (χ4n) is 2.66. The second-order valence-corrected chi connectivity index (χ2v) is 6.47. The molecule has 0 saturated carbocycles. The molecule has 118 valence electrons. The van der Waals surface area contributed by atoms with Gasteiger partial charge in [-0.15, -0.1) is 10.2 Å². The quantitative estimate of drug-likeness (QED) is 0.916. The Morgan fingerprint density at radius 2 is 2.14 bits per heavy atom. The Bertz CT molecular complexity index is 609. The van der Waals surface area contributed by atoms with E-state index in [0.29, 0.717) is 0 Å². The third kappa shape index (κ3) is 3.30. The molecule has 1 aliphatic rings. The maximum atomic E-state index is 12.2. The molecule has 1 atom stereocenters. The lowest BCUT2D eigenvalue weighted by Gasteiger charge is -2.31. The van der Waals surface area contributed by atoms with E-state index in [2.05, 4.69) is 27.3 Å². The highest BCUT2D eigenvalue weighted by Crippen LogP contribution is 2.27. The highest BCUT2D eigenvalue weighted by Gasteiger charge is 2.27. The van der Waals surface area contributed by atoms with Crippen LogP contribution in [0.5, 0.6) is 0 Å². The van der Waals surface area contributed by atoms with Gasteiger partial charge in [0.2, 0.25) is 16.2 Å². The number of amides is 1. The normalized spacial score (nSPS) is 18.4. The number of carbonyl (C=O) groups is 1. The van der Waals surface area contributed by atoms with E-state index in [1.54, 1.807) is 11.3 Å². The van der Waals surface area contributed by atoms with Crippen molar-refractivity contribution in [2.45, 2.75) is 26.2 Å². The molecule has 1 N–H and O–H groups in total. The minimum Gasteiger partial charge on any atom is -0.356 e. The summed E-state index contributed by atoms with van der Waals surface area (Å²) in [4.78, 5) is 14.3. The van der Waals surface area contributed by atoms with Crippen LogP contribution >= 0.6 is 11.3 Å². The Hall–Kier alpha value is -1.89. The van der Waals surface area contributed by atoms with Crippen molar-refractivity contribution < 1.29 is 4.79 Å². The summed E-state index contributed by atoms with van der Waals surface area (Å²) in [6.07, 6.45) is 6.86. The molecule has 0 unspecified atom stereocenters. The number of hydrogen-bond acceptors (Lipinski definition) is 5. The van der Waals surface area contributed by atoms with Crippen molar-refractivity contribution in [1.29, 1.82) is 0 Å². The summed E-state index contributed by atoms with van der Waals surface area (Å²) in [6, 6.07) is 3.94. The van der Waals surface area contributed by atoms with Gasteiger partial charge in [-0.3, -0.25) is 9.36 Å². The van der Waals surface area contributed by atoms with Crippen LogP contribution in [0, 0.1) is 5.92 Å². The van der Waals surface area contributed by atoms with Crippen LogP contribution in [0.25, 0.3) is 5.13 Å². The van der Waals surface area contributed by atoms with Crippen molar-refractivity contribution in [3.05, 3.63) is 24.5 Å². The van der Waals surface area contributed by atoms with E-state index in [4.69, 9.17) is 0 Å². The number of nitrogens with zero attached hydrogens (tertiary/aromatic N) is 4. The van der Waals surface area contributed by atoms with Gasteiger partial charge in [0.25, 0.3) is 0 Å². The minimum absolute atomic E-state index is 0.0548. The summed E-state index contributed by atoms with van der Waals surface area (Å²) in [5, 5.41) is 13.3. The summed E-state index contributed by atoms with van der Waals surface area (Å²) in [6.45, 7) is 4.50. The molecule has 0 radical (unpaired) electrons. The maximum absolute atomic E-state index is 12.2. The van der Waals surface area contributed by atoms with Gasteiger partial charge in [-0.05, 0) is 31.4 Å². The Labute approximate surface area is 134 Å². The van der Waals surface area contributed by atoms with E-state index in [9.17, 15) is 4.79 Å². The van der Waals surface area contributed by atoms with Crippen molar-refractivity contribution in [2.24, 2.45) is 5.92 Å². The average Bonchev–Trinajstić information content (AvgIpc) is 3.23. The molecule has 0 aromatic carbocycles. The molecular weight excluding hydrogens is 298 g/mol. The molecule has 3 rings (SSSR count). The topological polar surface area (TPSA) is 63.1 Å². The van der Waals surface area contributed by atoms with Crippen molar-refractivity contribution in [3.8, 4) is 5.13 Å². The van der Waals surface area contributed by atoms with Crippen molar-refractivity contribution in [2.75, 3.05) is 24.5 Å². The summed E-state index contributed by atoms with van der Waals surface area (Å²) in [7, 11) is 0. The van der Waals surface area contributed by atoms with Crippen molar-refractivity contribution >= 4 is 22.4 Å². The lowest BCUT2D eigenvalue weighted by Crippen LogP contribution is -2.43. The number of rotatable bonds is 5. The fourth-order valence-corrected chi connectivity index (χ4v) is 3.51. The van der Waals surface area contributed by atoms with Gasteiger partial charge in [0.1, 0.15) is 0 Å². The zero-order valence-corrected chi connectivity index (χ0v) is 13.6. The predicted molar refractivity (Wildman–Crippen MR) is 87.5 cm³/mol. The lowest BCUT2D eigenvalue weighted by atomic mass is 9.97. The number of hydrogen-bond donors (Lipinski definition) is 1. The first kappa shape index (κ1) is 15.0. The number of aromatic nitrogens is 3. The summed E-state index contributed by atoms with van der Waals surface area (Å²) >= 11 is 1.56. The summed E-state index contributed by atoms with van der Waals surface area (Å²) in [5.41, 5.74) is 0. The van der Waals surface area contributed by atoms with Crippen LogP contribution in [-0.2, 0) is 4.79 Å². The number of piperidine rings is 1. The molecule has 2 aromatic heterocycles. The van der Waals surface area contributed by atoms with E-state index in [1.807, 2.05) is 29.1 Å². The van der Waals surface area contributed by atoms with Crippen LogP contribution in [0.2, 0.25) is 0 Å². The average molecular weight is 319 g/mol. The largest absolute Gasteiger partial charge is 0.356 e. The fraction of sp³-hybridized carbons (Fsp3) is 0.533. The van der Waals surface area contributed by atoms with E-state index >= 15 is 0 Å². The first-order valence-corrected chi connectivity index (χ1v) is 8.59. The third-order valence-electron chi connectivity index (χ3n) is 3.84. The van der Waals surface area contributed by atoms with Crippen LogP contribution in [0.1, 0.15) is 26.2 Å². The molecule has 1 fully saturated rings. The number of carbonyl (C=O) groups excluding carboxylic acids is 1. The standard InChI is InChI=1S/C15H21N5OS/c1-2-7-16-13(21)12-6-5-10-20(11-12)15-18-17-14(22-15)19-8-3-4-9-19/h3-4,8-9,12H,2,5-7,10-11H2,1H3,(H,16,21)/t12-/m0/s1. The summed E-state index contributed by atoms with van der Waals surface area (Å²) < 4.78 is 1.95. The van der Waals surface area contributed by atoms with Crippen molar-refractivity contribution in [1.82, 2.24) is 20.1 Å². The zero-order valence-electron chi connectivity index (χ0n) is 12.7. The smallest absolute Gasteiger partial charge is 0.224 e. The van der Waals surface area contributed by atoms with Gasteiger partial charge in [-0.2, -0.15) is 0 Å². The second-order valence-electron chi connectivity index (χ2n) is 5.53. The van der Waals surface area contributed by atoms with Gasteiger partial charge in [0, 0.05) is 32.0 Å². The molecule has 6 nitrogen and oxygen atoms in total. The van der Waals surface area contributed by atoms with Crippen LogP contribution in [-0.4, -0.2) is 40.3 Å². The van der Waals surface area contributed by atoms with E-state index in [-0.39, 0.29) is 11.8 Å². The first-order valence-electron chi connectivity index (χ1n) is 7.77. The number of anilines is 1. The Morgan fingerprint density at radius 3 is 2.91 bits per heavy atom. The zero-order chi connectivity index (χ0) is 15.4. The molecule has 7 heteroatoms. The van der Waals surface area contributed by atoms with E-state index in [1.165, 1.54) is 0 Å². The molecule has 3 heterocycles. The SMILES string of the molecule is CCCNC(=O)[C@H]1CCCN(c2nnc(-n3cccc3)s2)C1. The van der Waals surface area contributed by atoms with Gasteiger partial charge in [-0.25, -0.2) is 0 Å². The Kier molecular flexibility index (Phi) is 4.72. The van der Waals surface area contributed by atoms with Gasteiger partial charge in [0.05, 0.1) is 5.92 Å². The molecule has 1 saturated heterocycles. The summed E-state index contributed by atoms with van der Waals surface area (Å²) in [5.74, 6) is 0.223. The first-order chi connectivity index (χ1) is 10.8. The molecular formula is C15H21N5OS. The van der Waals surface area contributed by atoms with E-state index in [0.717, 1.165) is 49.2 Å². The molecule has 1 amide bonds. The monoisotopic (exact) mass is 319 g/mol. The number of nitrogens with one attached hydrogen (secondary N) is 1. The molecule has 22 heavy (non-hydrogen) atoms. The van der Waals surface area contributed by atoms with Crippen LogP contribution in [0.3, 0.4) is 0 Å². The van der Waals surface area contributed by atoms with Gasteiger partial charge in [0.15, 0.2) is 0 Å². The third-order valence-corrected chi connectivity index (χ3v) is 4.84. The Morgan fingerprint density at radius 1 is 1.36 bits per heavy atom. The second kappa shape index (κ2) is 6.91. The Balaban J connectivity index is 1.66. The van der Waals surface area contributed by atoms with E-state index < -0.39 is 0 Å². The highest BCUT2D eigenvalue weighted by molar-refractivity contribution is 7.17. The maximum Gasteiger partial charge on any atom is 0.224 e. The molecule has 0 aliphatic carbocycles. The molecule has 2 aromatic rings.